The molecule has 1 aliphatic heterocycles. The number of ether oxygens (including phenoxy) is 2. The van der Waals surface area contributed by atoms with E-state index in [9.17, 15) is 9.59 Å². The van der Waals surface area contributed by atoms with Crippen LogP contribution in [0.4, 0.5) is 0 Å². The van der Waals surface area contributed by atoms with Crippen molar-refractivity contribution < 1.29 is 24.2 Å². The lowest BCUT2D eigenvalue weighted by Crippen LogP contribution is -2.42. The summed E-state index contributed by atoms with van der Waals surface area (Å²) in [5.41, 5.74) is 5.22. The Morgan fingerprint density at radius 1 is 1.53 bits per heavy atom. The first-order valence-electron chi connectivity index (χ1n) is 5.43. The standard InChI is InChI=1S/C10H18N2O5/c1-16-7-4-8(10(14)15)12(5-7)9(13)6-17-3-2-11/h7-8H,2-6,11H2,1H3,(H,14,15). The van der Waals surface area contributed by atoms with Crippen molar-refractivity contribution in [1.29, 1.82) is 0 Å². The Morgan fingerprint density at radius 3 is 2.76 bits per heavy atom. The van der Waals surface area contributed by atoms with Crippen molar-refractivity contribution in [3.63, 3.8) is 0 Å². The van der Waals surface area contributed by atoms with E-state index in [0.29, 0.717) is 13.0 Å². The van der Waals surface area contributed by atoms with Crippen LogP contribution >= 0.6 is 0 Å². The van der Waals surface area contributed by atoms with Crippen LogP contribution < -0.4 is 5.73 Å². The van der Waals surface area contributed by atoms with E-state index in [1.807, 2.05) is 0 Å². The molecule has 1 heterocycles. The molecule has 3 N–H and O–H groups in total. The molecule has 1 saturated heterocycles. The molecule has 17 heavy (non-hydrogen) atoms. The molecule has 0 aliphatic carbocycles. The van der Waals surface area contributed by atoms with Gasteiger partial charge < -0.3 is 25.2 Å². The van der Waals surface area contributed by atoms with Gasteiger partial charge in [0.15, 0.2) is 0 Å². The maximum atomic E-state index is 11.7. The summed E-state index contributed by atoms with van der Waals surface area (Å²) in [5, 5.41) is 9.01. The van der Waals surface area contributed by atoms with Gasteiger partial charge in [0.2, 0.25) is 5.91 Å². The Morgan fingerprint density at radius 2 is 2.24 bits per heavy atom. The minimum Gasteiger partial charge on any atom is -0.480 e. The predicted octanol–water partition coefficient (Wildman–Crippen LogP) is -1.34. The van der Waals surface area contributed by atoms with Gasteiger partial charge in [-0.25, -0.2) is 4.79 Å². The number of rotatable bonds is 6. The summed E-state index contributed by atoms with van der Waals surface area (Å²) in [6, 6.07) is -0.825. The van der Waals surface area contributed by atoms with Crippen LogP contribution in [0.2, 0.25) is 0 Å². The molecule has 2 atom stereocenters. The third-order valence-electron chi connectivity index (χ3n) is 2.69. The van der Waals surface area contributed by atoms with E-state index < -0.39 is 12.0 Å². The number of carboxylic acids is 1. The number of hydrogen-bond acceptors (Lipinski definition) is 5. The van der Waals surface area contributed by atoms with Crippen LogP contribution in [0.15, 0.2) is 0 Å². The summed E-state index contributed by atoms with van der Waals surface area (Å²) in [4.78, 5) is 24.0. The lowest BCUT2D eigenvalue weighted by atomic mass is 10.2. The second-order valence-electron chi connectivity index (χ2n) is 3.83. The molecule has 7 heteroatoms. The first kappa shape index (κ1) is 13.9. The monoisotopic (exact) mass is 246 g/mol. The van der Waals surface area contributed by atoms with E-state index in [2.05, 4.69) is 0 Å². The van der Waals surface area contributed by atoms with Crippen LogP contribution in [0.5, 0.6) is 0 Å². The highest BCUT2D eigenvalue weighted by Gasteiger charge is 2.39. The van der Waals surface area contributed by atoms with Crippen LogP contribution in [0, 0.1) is 0 Å². The highest BCUT2D eigenvalue weighted by atomic mass is 16.5. The average molecular weight is 246 g/mol. The minimum absolute atomic E-state index is 0.141. The van der Waals surface area contributed by atoms with E-state index in [1.54, 1.807) is 0 Å². The summed E-state index contributed by atoms with van der Waals surface area (Å²) in [5.74, 6) is -1.36. The number of methoxy groups -OCH3 is 1. The quantitative estimate of drug-likeness (QED) is 0.562. The van der Waals surface area contributed by atoms with Crippen molar-refractivity contribution in [3.8, 4) is 0 Å². The zero-order valence-electron chi connectivity index (χ0n) is 9.80. The normalized spacial score (nSPS) is 24.0. The lowest BCUT2D eigenvalue weighted by Gasteiger charge is -2.20. The van der Waals surface area contributed by atoms with Gasteiger partial charge in [0.25, 0.3) is 0 Å². The molecule has 0 saturated carbocycles. The topological polar surface area (TPSA) is 102 Å². The maximum Gasteiger partial charge on any atom is 0.326 e. The van der Waals surface area contributed by atoms with Crippen molar-refractivity contribution in [2.24, 2.45) is 5.73 Å². The summed E-state index contributed by atoms with van der Waals surface area (Å²) in [7, 11) is 1.50. The molecular weight excluding hydrogens is 228 g/mol. The van der Waals surface area contributed by atoms with Crippen LogP contribution in [0.1, 0.15) is 6.42 Å². The Kier molecular flexibility index (Phi) is 5.33. The van der Waals surface area contributed by atoms with Crippen molar-refractivity contribution in [2.75, 3.05) is 33.4 Å². The van der Waals surface area contributed by atoms with Gasteiger partial charge in [0, 0.05) is 26.6 Å². The Balaban J connectivity index is 2.54. The number of nitrogens with two attached hydrogens (primary N) is 1. The SMILES string of the molecule is COC1CC(C(=O)O)N(C(=O)COCCN)C1. The summed E-state index contributed by atoms with van der Waals surface area (Å²) >= 11 is 0. The van der Waals surface area contributed by atoms with Crippen molar-refractivity contribution >= 4 is 11.9 Å². The maximum absolute atomic E-state index is 11.7. The second kappa shape index (κ2) is 6.53. The fourth-order valence-corrected chi connectivity index (χ4v) is 1.80. The molecule has 0 aromatic heterocycles. The summed E-state index contributed by atoms with van der Waals surface area (Å²) < 4.78 is 10.1. The molecule has 0 aromatic rings. The molecular formula is C10H18N2O5. The molecule has 1 aliphatic rings. The molecule has 1 fully saturated rings. The Bertz CT molecular complexity index is 284. The van der Waals surface area contributed by atoms with Crippen LogP contribution in [0.3, 0.4) is 0 Å². The van der Waals surface area contributed by atoms with Crippen LogP contribution in [0.25, 0.3) is 0 Å². The number of likely N-dealkylation sites (tertiary alicyclic amines) is 1. The largest absolute Gasteiger partial charge is 0.480 e. The number of amides is 1. The smallest absolute Gasteiger partial charge is 0.326 e. The molecule has 0 aromatic carbocycles. The number of aliphatic carboxylic acids is 1. The molecule has 0 radical (unpaired) electrons. The third kappa shape index (κ3) is 3.65. The van der Waals surface area contributed by atoms with Gasteiger partial charge in [-0.2, -0.15) is 0 Å². The zero-order chi connectivity index (χ0) is 12.8. The van der Waals surface area contributed by atoms with E-state index >= 15 is 0 Å². The Hall–Kier alpha value is -1.18. The summed E-state index contributed by atoms with van der Waals surface area (Å²) in [6.45, 7) is 0.761. The van der Waals surface area contributed by atoms with E-state index in [4.69, 9.17) is 20.3 Å². The molecule has 0 spiro atoms. The van der Waals surface area contributed by atoms with E-state index in [1.165, 1.54) is 12.0 Å². The van der Waals surface area contributed by atoms with Gasteiger partial charge in [0.1, 0.15) is 12.6 Å². The van der Waals surface area contributed by atoms with Crippen molar-refractivity contribution in [3.05, 3.63) is 0 Å². The highest BCUT2D eigenvalue weighted by molar-refractivity contribution is 5.85. The first-order valence-corrected chi connectivity index (χ1v) is 5.43. The fourth-order valence-electron chi connectivity index (χ4n) is 1.80. The highest BCUT2D eigenvalue weighted by Crippen LogP contribution is 2.20. The van der Waals surface area contributed by atoms with Gasteiger partial charge in [-0.3, -0.25) is 4.79 Å². The molecule has 1 amide bonds. The molecule has 1 rings (SSSR count). The van der Waals surface area contributed by atoms with Gasteiger partial charge in [0.05, 0.1) is 12.7 Å². The van der Waals surface area contributed by atoms with Crippen LogP contribution in [-0.4, -0.2) is 67.4 Å². The number of carbonyl (C=O) groups is 2. The van der Waals surface area contributed by atoms with Crippen molar-refractivity contribution in [1.82, 2.24) is 4.90 Å². The zero-order valence-corrected chi connectivity index (χ0v) is 9.80. The lowest BCUT2D eigenvalue weighted by molar-refractivity contribution is -0.150. The fraction of sp³-hybridized carbons (Fsp3) is 0.800. The molecule has 2 unspecified atom stereocenters. The number of carbonyl (C=O) groups excluding carboxylic acids is 1. The number of carboxylic acid groups (broad SMARTS) is 1. The number of nitrogens with zero attached hydrogens (tertiary/aromatic N) is 1. The van der Waals surface area contributed by atoms with E-state index in [0.717, 1.165) is 0 Å². The van der Waals surface area contributed by atoms with Crippen LogP contribution in [-0.2, 0) is 19.1 Å². The molecule has 98 valence electrons. The van der Waals surface area contributed by atoms with Crippen molar-refractivity contribution in [2.45, 2.75) is 18.6 Å². The predicted molar refractivity (Wildman–Crippen MR) is 58.4 cm³/mol. The van der Waals surface area contributed by atoms with E-state index in [-0.39, 0.29) is 31.8 Å². The Labute approximate surface area is 99.5 Å². The molecule has 7 nitrogen and oxygen atoms in total. The van der Waals surface area contributed by atoms with Gasteiger partial charge in [-0.05, 0) is 0 Å². The second-order valence-corrected chi connectivity index (χ2v) is 3.83. The first-order chi connectivity index (χ1) is 8.10. The van der Waals surface area contributed by atoms with Gasteiger partial charge in [-0.15, -0.1) is 0 Å². The van der Waals surface area contributed by atoms with Gasteiger partial charge in [-0.1, -0.05) is 0 Å². The average Bonchev–Trinajstić information content (AvgIpc) is 2.73. The third-order valence-corrected chi connectivity index (χ3v) is 2.69. The van der Waals surface area contributed by atoms with Gasteiger partial charge >= 0.3 is 5.97 Å². The number of hydrogen-bond donors (Lipinski definition) is 2. The minimum atomic E-state index is -1.02. The summed E-state index contributed by atoms with van der Waals surface area (Å²) in [6.07, 6.45) is 0.0867. The molecule has 0 bridgehead atoms.